The highest BCUT2D eigenvalue weighted by Crippen LogP contribution is 2.29. The molecule has 14 heavy (non-hydrogen) atoms. The fourth-order valence-electron chi connectivity index (χ4n) is 1.41. The maximum Gasteiger partial charge on any atom is 0.223 e. The van der Waals surface area contributed by atoms with Crippen LogP contribution in [0.15, 0.2) is 24.5 Å². The van der Waals surface area contributed by atoms with Crippen LogP contribution in [0.4, 0.5) is 0 Å². The molecule has 1 aromatic heterocycles. The molecule has 1 heterocycles. The molecule has 1 aliphatic carbocycles. The van der Waals surface area contributed by atoms with Gasteiger partial charge in [-0.2, -0.15) is 0 Å². The number of nitrogens with one attached hydrogen (secondary N) is 1. The first-order valence-corrected chi connectivity index (χ1v) is 4.97. The Labute approximate surface area is 83.5 Å². The lowest BCUT2D eigenvalue weighted by Gasteiger charge is -2.13. The molecule has 1 amide bonds. The smallest absolute Gasteiger partial charge is 0.223 e. The first kappa shape index (κ1) is 9.19. The Bertz CT molecular complexity index is 319. The Balaban J connectivity index is 1.95. The van der Waals surface area contributed by atoms with Crippen molar-refractivity contribution in [2.24, 2.45) is 5.92 Å². The van der Waals surface area contributed by atoms with Crippen LogP contribution in [0, 0.1) is 5.92 Å². The number of hydrogen-bond acceptors (Lipinski definition) is 2. The highest BCUT2D eigenvalue weighted by atomic mass is 16.2. The van der Waals surface area contributed by atoms with Crippen molar-refractivity contribution < 1.29 is 4.79 Å². The van der Waals surface area contributed by atoms with Crippen LogP contribution >= 0.6 is 0 Å². The summed E-state index contributed by atoms with van der Waals surface area (Å²) in [4.78, 5) is 15.4. The van der Waals surface area contributed by atoms with E-state index in [1.807, 2.05) is 19.1 Å². The standard InChI is InChI=1S/C11H14N2O/c1-8(9-4-6-12-7-5-9)13-11(14)10-2-3-10/h4-8,10H,2-3H2,1H3,(H,13,14)/t8-/m0/s1. The molecule has 0 saturated heterocycles. The average Bonchev–Trinajstić information content (AvgIpc) is 3.02. The van der Waals surface area contributed by atoms with Crippen LogP contribution in [0.3, 0.4) is 0 Å². The molecule has 1 saturated carbocycles. The average molecular weight is 190 g/mol. The van der Waals surface area contributed by atoms with Crippen LogP contribution in [0.5, 0.6) is 0 Å². The molecule has 74 valence electrons. The van der Waals surface area contributed by atoms with Gasteiger partial charge in [0, 0.05) is 18.3 Å². The van der Waals surface area contributed by atoms with Crippen molar-refractivity contribution in [2.75, 3.05) is 0 Å². The monoisotopic (exact) mass is 190 g/mol. The minimum absolute atomic E-state index is 0.0890. The molecule has 1 fully saturated rings. The third kappa shape index (κ3) is 2.10. The number of rotatable bonds is 3. The Morgan fingerprint density at radius 2 is 2.14 bits per heavy atom. The largest absolute Gasteiger partial charge is 0.349 e. The van der Waals surface area contributed by atoms with E-state index in [0.29, 0.717) is 0 Å². The van der Waals surface area contributed by atoms with Crippen molar-refractivity contribution in [1.29, 1.82) is 0 Å². The molecule has 1 atom stereocenters. The Kier molecular flexibility index (Phi) is 2.48. The summed E-state index contributed by atoms with van der Waals surface area (Å²) in [5, 5.41) is 2.99. The fraction of sp³-hybridized carbons (Fsp3) is 0.455. The van der Waals surface area contributed by atoms with Crippen molar-refractivity contribution in [1.82, 2.24) is 10.3 Å². The number of pyridine rings is 1. The summed E-state index contributed by atoms with van der Waals surface area (Å²) in [5.74, 6) is 0.466. The van der Waals surface area contributed by atoms with Crippen molar-refractivity contribution in [3.05, 3.63) is 30.1 Å². The molecule has 0 unspecified atom stereocenters. The summed E-state index contributed by atoms with van der Waals surface area (Å²) < 4.78 is 0. The van der Waals surface area contributed by atoms with Crippen molar-refractivity contribution in [3.63, 3.8) is 0 Å². The maximum atomic E-state index is 11.5. The molecule has 2 rings (SSSR count). The van der Waals surface area contributed by atoms with Gasteiger partial charge in [-0.3, -0.25) is 9.78 Å². The second-order valence-electron chi connectivity index (χ2n) is 3.79. The second-order valence-corrected chi connectivity index (χ2v) is 3.79. The lowest BCUT2D eigenvalue weighted by atomic mass is 10.1. The maximum absolute atomic E-state index is 11.5. The number of carbonyl (C=O) groups excluding carboxylic acids is 1. The first-order chi connectivity index (χ1) is 6.77. The Morgan fingerprint density at radius 3 is 2.71 bits per heavy atom. The van der Waals surface area contributed by atoms with Crippen LogP contribution in [-0.4, -0.2) is 10.9 Å². The molecule has 0 bridgehead atoms. The number of aromatic nitrogens is 1. The molecule has 1 aromatic rings. The van der Waals surface area contributed by atoms with Crippen LogP contribution in [0.25, 0.3) is 0 Å². The van der Waals surface area contributed by atoms with Gasteiger partial charge in [0.05, 0.1) is 6.04 Å². The van der Waals surface area contributed by atoms with E-state index in [1.54, 1.807) is 12.4 Å². The molecule has 1 N–H and O–H groups in total. The molecule has 3 nitrogen and oxygen atoms in total. The lowest BCUT2D eigenvalue weighted by Crippen LogP contribution is -2.27. The van der Waals surface area contributed by atoms with Crippen molar-refractivity contribution in [2.45, 2.75) is 25.8 Å². The first-order valence-electron chi connectivity index (χ1n) is 4.97. The van der Waals surface area contributed by atoms with Gasteiger partial charge in [0.2, 0.25) is 5.91 Å². The van der Waals surface area contributed by atoms with Gasteiger partial charge in [0.25, 0.3) is 0 Å². The summed E-state index contributed by atoms with van der Waals surface area (Å²) in [6.45, 7) is 2.00. The quantitative estimate of drug-likeness (QED) is 0.787. The number of carbonyl (C=O) groups is 1. The third-order valence-electron chi connectivity index (χ3n) is 2.51. The number of amides is 1. The van der Waals surface area contributed by atoms with Crippen LogP contribution < -0.4 is 5.32 Å². The van der Waals surface area contributed by atoms with E-state index in [4.69, 9.17) is 0 Å². The van der Waals surface area contributed by atoms with Gasteiger partial charge in [0.15, 0.2) is 0 Å². The summed E-state index contributed by atoms with van der Waals surface area (Å²) in [6.07, 6.45) is 5.59. The minimum atomic E-state index is 0.0890. The molecule has 1 aliphatic rings. The zero-order valence-corrected chi connectivity index (χ0v) is 8.23. The van der Waals surface area contributed by atoms with Gasteiger partial charge in [-0.15, -0.1) is 0 Å². The molecule has 0 aromatic carbocycles. The Morgan fingerprint density at radius 1 is 1.50 bits per heavy atom. The summed E-state index contributed by atoms with van der Waals surface area (Å²) >= 11 is 0. The second kappa shape index (κ2) is 3.78. The third-order valence-corrected chi connectivity index (χ3v) is 2.51. The SMILES string of the molecule is C[C@H](NC(=O)C1CC1)c1ccncc1. The summed E-state index contributed by atoms with van der Waals surface area (Å²) in [6, 6.07) is 3.95. The van der Waals surface area contributed by atoms with Crippen molar-refractivity contribution >= 4 is 5.91 Å². The van der Waals surface area contributed by atoms with E-state index in [1.165, 1.54) is 0 Å². The van der Waals surface area contributed by atoms with Gasteiger partial charge in [-0.1, -0.05) is 0 Å². The van der Waals surface area contributed by atoms with Gasteiger partial charge < -0.3 is 5.32 Å². The molecular formula is C11H14N2O. The van der Waals surface area contributed by atoms with E-state index in [9.17, 15) is 4.79 Å². The number of nitrogens with zero attached hydrogens (tertiary/aromatic N) is 1. The van der Waals surface area contributed by atoms with E-state index in [2.05, 4.69) is 10.3 Å². The fourth-order valence-corrected chi connectivity index (χ4v) is 1.41. The van der Waals surface area contributed by atoms with Crippen LogP contribution in [0.1, 0.15) is 31.4 Å². The van der Waals surface area contributed by atoms with Crippen LogP contribution in [0.2, 0.25) is 0 Å². The number of hydrogen-bond donors (Lipinski definition) is 1. The topological polar surface area (TPSA) is 42.0 Å². The van der Waals surface area contributed by atoms with E-state index < -0.39 is 0 Å². The molecular weight excluding hydrogens is 176 g/mol. The van der Waals surface area contributed by atoms with Gasteiger partial charge in [-0.05, 0) is 37.5 Å². The lowest BCUT2D eigenvalue weighted by molar-refractivity contribution is -0.122. The normalized spacial score (nSPS) is 17.5. The van der Waals surface area contributed by atoms with Gasteiger partial charge >= 0.3 is 0 Å². The zero-order valence-electron chi connectivity index (χ0n) is 8.23. The molecule has 0 radical (unpaired) electrons. The van der Waals surface area contributed by atoms with E-state index >= 15 is 0 Å². The molecule has 3 heteroatoms. The summed E-state index contributed by atoms with van der Waals surface area (Å²) in [5.41, 5.74) is 1.11. The Hall–Kier alpha value is -1.38. The van der Waals surface area contributed by atoms with E-state index in [0.717, 1.165) is 18.4 Å². The van der Waals surface area contributed by atoms with Gasteiger partial charge in [0.1, 0.15) is 0 Å². The predicted octanol–water partition coefficient (Wildman–Crippen LogP) is 1.67. The van der Waals surface area contributed by atoms with Gasteiger partial charge in [-0.25, -0.2) is 0 Å². The zero-order chi connectivity index (χ0) is 9.97. The van der Waals surface area contributed by atoms with Crippen LogP contribution in [-0.2, 0) is 4.79 Å². The predicted molar refractivity (Wildman–Crippen MR) is 53.5 cm³/mol. The molecule has 0 spiro atoms. The highest BCUT2D eigenvalue weighted by molar-refractivity contribution is 5.81. The highest BCUT2D eigenvalue weighted by Gasteiger charge is 2.30. The van der Waals surface area contributed by atoms with Crippen molar-refractivity contribution in [3.8, 4) is 0 Å². The summed E-state index contributed by atoms with van der Waals surface area (Å²) in [7, 11) is 0. The minimum Gasteiger partial charge on any atom is -0.349 e. The molecule has 0 aliphatic heterocycles. The van der Waals surface area contributed by atoms with E-state index in [-0.39, 0.29) is 17.9 Å².